The first-order valence-electron chi connectivity index (χ1n) is 7.81. The molecule has 2 aromatic carbocycles. The Morgan fingerprint density at radius 3 is 2.50 bits per heavy atom. The molecule has 0 aromatic heterocycles. The number of rotatable bonds is 4. The molecule has 0 fully saturated rings. The van der Waals surface area contributed by atoms with Crippen LogP contribution in [0.5, 0.6) is 0 Å². The summed E-state index contributed by atoms with van der Waals surface area (Å²) in [6.45, 7) is 2.28. The number of benzene rings is 2. The fourth-order valence-electron chi connectivity index (χ4n) is 3.11. The molecule has 0 unspecified atom stereocenters. The van der Waals surface area contributed by atoms with Crippen LogP contribution >= 0.6 is 0 Å². The third kappa shape index (κ3) is 2.96. The van der Waals surface area contributed by atoms with Crippen molar-refractivity contribution in [2.75, 3.05) is 6.61 Å². The number of carbonyl (C=O) groups is 1. The summed E-state index contributed by atoms with van der Waals surface area (Å²) in [6.07, 6.45) is 2.29. The highest BCUT2D eigenvalue weighted by Gasteiger charge is 2.21. The molecule has 2 aromatic rings. The van der Waals surface area contributed by atoms with Crippen LogP contribution in [0.2, 0.25) is 0 Å². The zero-order chi connectivity index (χ0) is 15.4. The second-order valence-corrected chi connectivity index (χ2v) is 5.48. The summed E-state index contributed by atoms with van der Waals surface area (Å²) in [7, 11) is 0. The van der Waals surface area contributed by atoms with Gasteiger partial charge in [-0.25, -0.2) is 0 Å². The van der Waals surface area contributed by atoms with Gasteiger partial charge in [0.05, 0.1) is 13.0 Å². The molecule has 0 spiro atoms. The van der Waals surface area contributed by atoms with Gasteiger partial charge >= 0.3 is 5.97 Å². The van der Waals surface area contributed by atoms with E-state index in [1.165, 1.54) is 27.8 Å². The molecule has 2 nitrogen and oxygen atoms in total. The summed E-state index contributed by atoms with van der Waals surface area (Å²) in [5, 5.41) is 0. The molecule has 1 aliphatic carbocycles. The number of fused-ring (bicyclic) bond motifs is 1. The maximum absolute atomic E-state index is 11.9. The summed E-state index contributed by atoms with van der Waals surface area (Å²) in [5.41, 5.74) is 6.17. The molecule has 112 valence electrons. The van der Waals surface area contributed by atoms with Crippen molar-refractivity contribution in [2.45, 2.75) is 26.2 Å². The van der Waals surface area contributed by atoms with Gasteiger partial charge in [0.2, 0.25) is 0 Å². The van der Waals surface area contributed by atoms with Gasteiger partial charge in [-0.1, -0.05) is 60.2 Å². The second-order valence-electron chi connectivity index (χ2n) is 5.48. The first-order valence-corrected chi connectivity index (χ1v) is 7.81. The molecule has 0 atom stereocenters. The van der Waals surface area contributed by atoms with E-state index in [1.54, 1.807) is 0 Å². The summed E-state index contributed by atoms with van der Waals surface area (Å²) in [5.74, 6) is -0.134. The van der Waals surface area contributed by atoms with Gasteiger partial charge in [0.25, 0.3) is 0 Å². The molecule has 22 heavy (non-hydrogen) atoms. The lowest BCUT2D eigenvalue weighted by Gasteiger charge is -2.23. The third-order valence-electron chi connectivity index (χ3n) is 4.06. The molecular weight excluding hydrogens is 272 g/mol. The topological polar surface area (TPSA) is 26.3 Å². The fraction of sp³-hybridized carbons (Fsp3) is 0.250. The quantitative estimate of drug-likeness (QED) is 0.781. The number of carbonyl (C=O) groups excluding carboxylic acids is 1. The van der Waals surface area contributed by atoms with E-state index < -0.39 is 0 Å². The highest BCUT2D eigenvalue weighted by Crippen LogP contribution is 2.37. The number of ether oxygens (including phenoxy) is 1. The van der Waals surface area contributed by atoms with E-state index in [2.05, 4.69) is 36.4 Å². The van der Waals surface area contributed by atoms with Gasteiger partial charge in [0.1, 0.15) is 0 Å². The summed E-state index contributed by atoms with van der Waals surface area (Å²) in [6, 6.07) is 18.8. The summed E-state index contributed by atoms with van der Waals surface area (Å²) < 4.78 is 5.14. The SMILES string of the molecule is CCOC(=O)CC1=C(c2ccccc2)c2ccccc2CC1. The first-order chi connectivity index (χ1) is 10.8. The van der Waals surface area contributed by atoms with Crippen molar-refractivity contribution in [2.24, 2.45) is 0 Å². The van der Waals surface area contributed by atoms with Gasteiger partial charge in [0.15, 0.2) is 0 Å². The molecular formula is C20H20O2. The van der Waals surface area contributed by atoms with E-state index in [-0.39, 0.29) is 5.97 Å². The number of hydrogen-bond acceptors (Lipinski definition) is 2. The van der Waals surface area contributed by atoms with Crippen LogP contribution in [0, 0.1) is 0 Å². The second kappa shape index (κ2) is 6.61. The molecule has 0 bridgehead atoms. The lowest BCUT2D eigenvalue weighted by atomic mass is 9.81. The number of hydrogen-bond donors (Lipinski definition) is 0. The van der Waals surface area contributed by atoms with Gasteiger partial charge in [-0.15, -0.1) is 0 Å². The Morgan fingerprint density at radius 2 is 1.73 bits per heavy atom. The zero-order valence-electron chi connectivity index (χ0n) is 12.8. The Morgan fingerprint density at radius 1 is 1.00 bits per heavy atom. The van der Waals surface area contributed by atoms with Crippen molar-refractivity contribution in [1.82, 2.24) is 0 Å². The highest BCUT2D eigenvalue weighted by atomic mass is 16.5. The number of aryl methyl sites for hydroxylation is 1. The molecule has 1 aliphatic rings. The van der Waals surface area contributed by atoms with Crippen LogP contribution in [0.4, 0.5) is 0 Å². The van der Waals surface area contributed by atoms with Crippen molar-refractivity contribution >= 4 is 11.5 Å². The minimum atomic E-state index is -0.134. The zero-order valence-corrected chi connectivity index (χ0v) is 12.8. The molecule has 0 radical (unpaired) electrons. The van der Waals surface area contributed by atoms with Crippen LogP contribution in [-0.4, -0.2) is 12.6 Å². The van der Waals surface area contributed by atoms with E-state index in [0.29, 0.717) is 13.0 Å². The van der Waals surface area contributed by atoms with E-state index in [1.807, 2.05) is 25.1 Å². The van der Waals surface area contributed by atoms with Crippen LogP contribution in [-0.2, 0) is 16.0 Å². The predicted octanol–water partition coefficient (Wildman–Crippen LogP) is 4.39. The van der Waals surface area contributed by atoms with Crippen LogP contribution in [0.25, 0.3) is 5.57 Å². The Labute approximate surface area is 131 Å². The summed E-state index contributed by atoms with van der Waals surface area (Å²) in [4.78, 5) is 11.9. The molecule has 0 N–H and O–H groups in total. The largest absolute Gasteiger partial charge is 0.466 e. The molecule has 3 rings (SSSR count). The van der Waals surface area contributed by atoms with Crippen LogP contribution in [0.15, 0.2) is 60.2 Å². The molecule has 0 aliphatic heterocycles. The summed E-state index contributed by atoms with van der Waals surface area (Å²) >= 11 is 0. The lowest BCUT2D eigenvalue weighted by molar-refractivity contribution is -0.142. The maximum atomic E-state index is 11.9. The standard InChI is InChI=1S/C20H20O2/c1-2-22-19(21)14-17-13-12-15-8-6-7-11-18(15)20(17)16-9-4-3-5-10-16/h3-11H,2,12-14H2,1H3. The Kier molecular flexibility index (Phi) is 4.38. The monoisotopic (exact) mass is 292 g/mol. The van der Waals surface area contributed by atoms with Crippen molar-refractivity contribution < 1.29 is 9.53 Å². The molecule has 0 heterocycles. The highest BCUT2D eigenvalue weighted by molar-refractivity contribution is 5.88. The third-order valence-corrected chi connectivity index (χ3v) is 4.06. The Bertz CT molecular complexity index is 699. The van der Waals surface area contributed by atoms with Gasteiger partial charge < -0.3 is 4.74 Å². The van der Waals surface area contributed by atoms with Crippen molar-refractivity contribution in [3.63, 3.8) is 0 Å². The normalized spacial score (nSPS) is 13.7. The van der Waals surface area contributed by atoms with Crippen LogP contribution in [0.3, 0.4) is 0 Å². The van der Waals surface area contributed by atoms with Gasteiger partial charge in [-0.05, 0) is 42.0 Å². The van der Waals surface area contributed by atoms with Gasteiger partial charge in [0, 0.05) is 0 Å². The molecule has 0 saturated heterocycles. The van der Waals surface area contributed by atoms with Crippen molar-refractivity contribution in [1.29, 1.82) is 0 Å². The van der Waals surface area contributed by atoms with E-state index in [9.17, 15) is 4.79 Å². The van der Waals surface area contributed by atoms with Crippen LogP contribution in [0.1, 0.15) is 36.5 Å². The van der Waals surface area contributed by atoms with Gasteiger partial charge in [-0.3, -0.25) is 4.79 Å². The van der Waals surface area contributed by atoms with E-state index in [0.717, 1.165) is 12.8 Å². The van der Waals surface area contributed by atoms with Crippen molar-refractivity contribution in [3.05, 3.63) is 76.9 Å². The molecule has 0 saturated carbocycles. The van der Waals surface area contributed by atoms with Crippen LogP contribution < -0.4 is 0 Å². The molecule has 0 amide bonds. The fourth-order valence-corrected chi connectivity index (χ4v) is 3.11. The first kappa shape index (κ1) is 14.6. The minimum Gasteiger partial charge on any atom is -0.466 e. The average molecular weight is 292 g/mol. The average Bonchev–Trinajstić information content (AvgIpc) is 2.55. The van der Waals surface area contributed by atoms with Gasteiger partial charge in [-0.2, -0.15) is 0 Å². The minimum absolute atomic E-state index is 0.134. The van der Waals surface area contributed by atoms with E-state index >= 15 is 0 Å². The molecule has 2 heteroatoms. The van der Waals surface area contributed by atoms with Crippen molar-refractivity contribution in [3.8, 4) is 0 Å². The maximum Gasteiger partial charge on any atom is 0.309 e. The van der Waals surface area contributed by atoms with E-state index in [4.69, 9.17) is 4.74 Å². The predicted molar refractivity (Wildman–Crippen MR) is 88.5 cm³/mol. The smallest absolute Gasteiger partial charge is 0.309 e. The number of esters is 1. The Balaban J connectivity index is 2.08. The Hall–Kier alpha value is -2.35. The lowest BCUT2D eigenvalue weighted by Crippen LogP contribution is -2.11.